The molecule has 1 aliphatic heterocycles. The summed E-state index contributed by atoms with van der Waals surface area (Å²) in [7, 11) is 0. The molecule has 3 heteroatoms. The number of unbranched alkanes of at least 4 members (excludes halogenated alkanes) is 1. The van der Waals surface area contributed by atoms with Crippen molar-refractivity contribution in [1.29, 1.82) is 0 Å². The smallest absolute Gasteiger partial charge is 0.241 e. The van der Waals surface area contributed by atoms with Crippen LogP contribution in [0.15, 0.2) is 0 Å². The molecule has 17 heavy (non-hydrogen) atoms. The lowest BCUT2D eigenvalue weighted by molar-refractivity contribution is -0.133. The summed E-state index contributed by atoms with van der Waals surface area (Å²) in [5.74, 6) is 1.08. The Kier molecular flexibility index (Phi) is 4.08. The van der Waals surface area contributed by atoms with Crippen molar-refractivity contribution in [2.75, 3.05) is 0 Å². The first-order valence-electron chi connectivity index (χ1n) is 7.23. The molecule has 3 nitrogen and oxygen atoms in total. The van der Waals surface area contributed by atoms with E-state index in [4.69, 9.17) is 0 Å². The first-order valence-corrected chi connectivity index (χ1v) is 7.23. The van der Waals surface area contributed by atoms with Gasteiger partial charge in [0.15, 0.2) is 0 Å². The fourth-order valence-electron chi connectivity index (χ4n) is 3.13. The molecule has 1 aliphatic carbocycles. The van der Waals surface area contributed by atoms with E-state index in [0.717, 1.165) is 25.2 Å². The molecule has 0 bridgehead atoms. The van der Waals surface area contributed by atoms with Gasteiger partial charge in [0.1, 0.15) is 0 Å². The third-order valence-electron chi connectivity index (χ3n) is 4.53. The van der Waals surface area contributed by atoms with Gasteiger partial charge in [-0.25, -0.2) is 0 Å². The van der Waals surface area contributed by atoms with Gasteiger partial charge >= 0.3 is 0 Å². The number of nitrogens with one attached hydrogen (secondary N) is 1. The minimum atomic E-state index is 0.0764. The molecule has 0 aromatic heterocycles. The number of hydrogen-bond donors (Lipinski definition) is 1. The van der Waals surface area contributed by atoms with Crippen LogP contribution in [-0.4, -0.2) is 29.1 Å². The minimum absolute atomic E-state index is 0.0764. The summed E-state index contributed by atoms with van der Waals surface area (Å²) < 4.78 is 0. The van der Waals surface area contributed by atoms with Gasteiger partial charge < -0.3 is 4.90 Å². The Morgan fingerprint density at radius 3 is 2.71 bits per heavy atom. The van der Waals surface area contributed by atoms with Crippen molar-refractivity contribution in [3.05, 3.63) is 0 Å². The van der Waals surface area contributed by atoms with Crippen LogP contribution in [0.2, 0.25) is 0 Å². The Morgan fingerprint density at radius 2 is 2.18 bits per heavy atom. The summed E-state index contributed by atoms with van der Waals surface area (Å²) in [4.78, 5) is 14.5. The number of rotatable bonds is 5. The van der Waals surface area contributed by atoms with Gasteiger partial charge in [0.25, 0.3) is 0 Å². The van der Waals surface area contributed by atoms with E-state index < -0.39 is 0 Å². The number of hydrogen-bond acceptors (Lipinski definition) is 2. The average molecular weight is 238 g/mol. The molecule has 3 atom stereocenters. The van der Waals surface area contributed by atoms with Crippen LogP contribution in [0, 0.1) is 5.92 Å². The molecule has 0 spiro atoms. The average Bonchev–Trinajstić information content (AvgIpc) is 2.48. The molecule has 1 saturated carbocycles. The van der Waals surface area contributed by atoms with Crippen LogP contribution in [0.3, 0.4) is 0 Å². The van der Waals surface area contributed by atoms with Crippen molar-refractivity contribution >= 4 is 5.91 Å². The monoisotopic (exact) mass is 238 g/mol. The van der Waals surface area contributed by atoms with Gasteiger partial charge in [-0.1, -0.05) is 26.2 Å². The first kappa shape index (κ1) is 12.9. The van der Waals surface area contributed by atoms with Gasteiger partial charge in [-0.05, 0) is 39.0 Å². The molecule has 2 rings (SSSR count). The highest BCUT2D eigenvalue weighted by Crippen LogP contribution is 2.34. The van der Waals surface area contributed by atoms with Crippen LogP contribution in [0.5, 0.6) is 0 Å². The zero-order valence-electron chi connectivity index (χ0n) is 11.4. The van der Waals surface area contributed by atoms with Crippen molar-refractivity contribution in [3.8, 4) is 0 Å². The molecule has 1 saturated heterocycles. The molecule has 0 aromatic rings. The third-order valence-corrected chi connectivity index (χ3v) is 4.53. The zero-order valence-corrected chi connectivity index (χ0v) is 11.4. The summed E-state index contributed by atoms with van der Waals surface area (Å²) in [5.41, 5.74) is 0. The SMILES string of the molecule is CCCCC1NC(C)N(C(C)C2CCC2)C1=O. The van der Waals surface area contributed by atoms with Gasteiger partial charge in [0.2, 0.25) is 5.91 Å². The number of nitrogens with zero attached hydrogens (tertiary/aromatic N) is 1. The Morgan fingerprint density at radius 1 is 1.47 bits per heavy atom. The van der Waals surface area contributed by atoms with Gasteiger partial charge in [-0.2, -0.15) is 0 Å². The van der Waals surface area contributed by atoms with Crippen LogP contribution in [0.25, 0.3) is 0 Å². The van der Waals surface area contributed by atoms with E-state index in [0.29, 0.717) is 11.9 Å². The van der Waals surface area contributed by atoms with Crippen LogP contribution in [0.1, 0.15) is 59.3 Å². The Labute approximate surface area is 105 Å². The molecule has 2 fully saturated rings. The van der Waals surface area contributed by atoms with Gasteiger partial charge in [0.05, 0.1) is 12.2 Å². The van der Waals surface area contributed by atoms with E-state index in [1.54, 1.807) is 0 Å². The Bertz CT molecular complexity index is 275. The van der Waals surface area contributed by atoms with Crippen molar-refractivity contribution in [2.45, 2.75) is 77.5 Å². The van der Waals surface area contributed by atoms with Gasteiger partial charge in [-0.15, -0.1) is 0 Å². The quantitative estimate of drug-likeness (QED) is 0.798. The molecule has 3 unspecified atom stereocenters. The lowest BCUT2D eigenvalue weighted by Gasteiger charge is -2.39. The molecule has 1 amide bonds. The summed E-state index contributed by atoms with van der Waals surface area (Å²) in [6, 6.07) is 0.498. The van der Waals surface area contributed by atoms with Crippen LogP contribution >= 0.6 is 0 Å². The molecule has 0 radical (unpaired) electrons. The maximum absolute atomic E-state index is 12.4. The molecule has 98 valence electrons. The maximum Gasteiger partial charge on any atom is 0.241 e. The lowest BCUT2D eigenvalue weighted by Crippen LogP contribution is -2.47. The second-order valence-electron chi connectivity index (χ2n) is 5.71. The molecular weight excluding hydrogens is 212 g/mol. The summed E-state index contributed by atoms with van der Waals surface area (Å²) >= 11 is 0. The molecule has 0 aromatic carbocycles. The number of carbonyl (C=O) groups excluding carboxylic acids is 1. The van der Waals surface area contributed by atoms with Crippen molar-refractivity contribution in [3.63, 3.8) is 0 Å². The van der Waals surface area contributed by atoms with Crippen LogP contribution in [-0.2, 0) is 4.79 Å². The van der Waals surface area contributed by atoms with E-state index in [1.165, 1.54) is 19.3 Å². The largest absolute Gasteiger partial charge is 0.323 e. The van der Waals surface area contributed by atoms with Gasteiger partial charge in [-0.3, -0.25) is 10.1 Å². The predicted octanol–water partition coefficient (Wildman–Crippen LogP) is 2.51. The van der Waals surface area contributed by atoms with Crippen molar-refractivity contribution in [1.82, 2.24) is 10.2 Å². The fourth-order valence-corrected chi connectivity index (χ4v) is 3.13. The van der Waals surface area contributed by atoms with E-state index in [2.05, 4.69) is 31.0 Å². The van der Waals surface area contributed by atoms with E-state index >= 15 is 0 Å². The van der Waals surface area contributed by atoms with E-state index in [1.807, 2.05) is 0 Å². The number of carbonyl (C=O) groups is 1. The normalized spacial score (nSPS) is 31.7. The minimum Gasteiger partial charge on any atom is -0.323 e. The molecular formula is C14H26N2O. The van der Waals surface area contributed by atoms with E-state index in [-0.39, 0.29) is 12.2 Å². The van der Waals surface area contributed by atoms with Crippen molar-refractivity contribution in [2.24, 2.45) is 5.92 Å². The summed E-state index contributed by atoms with van der Waals surface area (Å²) in [5, 5.41) is 3.45. The Hall–Kier alpha value is -0.570. The van der Waals surface area contributed by atoms with Crippen molar-refractivity contribution < 1.29 is 4.79 Å². The predicted molar refractivity (Wildman–Crippen MR) is 69.6 cm³/mol. The zero-order chi connectivity index (χ0) is 12.4. The fraction of sp³-hybridized carbons (Fsp3) is 0.929. The lowest BCUT2D eigenvalue weighted by atomic mass is 9.79. The van der Waals surface area contributed by atoms with Crippen LogP contribution in [0.4, 0.5) is 0 Å². The summed E-state index contributed by atoms with van der Waals surface area (Å²) in [6.07, 6.45) is 7.47. The third kappa shape index (κ3) is 2.49. The van der Waals surface area contributed by atoms with E-state index in [9.17, 15) is 4.79 Å². The highest BCUT2D eigenvalue weighted by molar-refractivity contribution is 5.84. The molecule has 1 heterocycles. The summed E-state index contributed by atoms with van der Waals surface area (Å²) in [6.45, 7) is 6.53. The topological polar surface area (TPSA) is 32.3 Å². The highest BCUT2D eigenvalue weighted by atomic mass is 16.2. The second kappa shape index (κ2) is 5.38. The standard InChI is InChI=1S/C14H26N2O/c1-4-5-9-13-14(17)16(11(3)15-13)10(2)12-7-6-8-12/h10-13,15H,4-9H2,1-3H3. The van der Waals surface area contributed by atoms with Gasteiger partial charge in [0, 0.05) is 6.04 Å². The number of amides is 1. The second-order valence-corrected chi connectivity index (χ2v) is 5.71. The first-order chi connectivity index (χ1) is 8.15. The Balaban J connectivity index is 1.95. The molecule has 1 N–H and O–H groups in total. The van der Waals surface area contributed by atoms with Crippen LogP contribution < -0.4 is 5.32 Å². The highest BCUT2D eigenvalue weighted by Gasteiger charge is 2.41. The maximum atomic E-state index is 12.4. The molecule has 2 aliphatic rings.